The Morgan fingerprint density at radius 3 is 2.71 bits per heavy atom. The number of nitrogen functional groups attached to an aromatic ring is 1. The average molecular weight is 247 g/mol. The molecule has 88 valence electrons. The molecule has 0 saturated carbocycles. The lowest BCUT2D eigenvalue weighted by Gasteiger charge is -2.15. The first-order valence-corrected chi connectivity index (χ1v) is 6.09. The van der Waals surface area contributed by atoms with Gasteiger partial charge in [0.05, 0.1) is 5.51 Å². The third-order valence-electron chi connectivity index (χ3n) is 2.40. The van der Waals surface area contributed by atoms with Gasteiger partial charge in [-0.1, -0.05) is 12.1 Å². The van der Waals surface area contributed by atoms with E-state index in [4.69, 9.17) is 5.73 Å². The summed E-state index contributed by atoms with van der Waals surface area (Å²) in [5.74, 6) is -0.0666. The van der Waals surface area contributed by atoms with E-state index in [9.17, 15) is 4.79 Å². The van der Waals surface area contributed by atoms with Crippen LogP contribution in [0.5, 0.6) is 0 Å². The van der Waals surface area contributed by atoms with Crippen molar-refractivity contribution in [2.75, 3.05) is 12.8 Å². The number of amides is 1. The molecule has 2 rings (SSSR count). The molecule has 0 saturated heterocycles. The van der Waals surface area contributed by atoms with Gasteiger partial charge in [-0.25, -0.2) is 4.98 Å². The van der Waals surface area contributed by atoms with Crippen molar-refractivity contribution in [1.29, 1.82) is 0 Å². The summed E-state index contributed by atoms with van der Waals surface area (Å²) < 4.78 is 0. The highest BCUT2D eigenvalue weighted by Gasteiger charge is 2.13. The van der Waals surface area contributed by atoms with Crippen molar-refractivity contribution in [1.82, 2.24) is 9.88 Å². The summed E-state index contributed by atoms with van der Waals surface area (Å²) in [6.07, 6.45) is 0. The van der Waals surface area contributed by atoms with E-state index in [1.54, 1.807) is 22.8 Å². The second kappa shape index (κ2) is 4.97. The molecule has 0 radical (unpaired) electrons. The van der Waals surface area contributed by atoms with Gasteiger partial charge in [0.2, 0.25) is 0 Å². The number of nitrogens with two attached hydrogens (primary N) is 1. The van der Waals surface area contributed by atoms with Gasteiger partial charge in [0.15, 0.2) is 0 Å². The second-order valence-corrected chi connectivity index (χ2v) is 4.50. The molecular formula is C12H13N3OS. The molecule has 17 heavy (non-hydrogen) atoms. The number of carbonyl (C=O) groups excluding carboxylic acids is 1. The molecule has 0 aliphatic rings. The molecule has 0 spiro atoms. The van der Waals surface area contributed by atoms with Crippen LogP contribution < -0.4 is 5.73 Å². The molecule has 2 N–H and O–H groups in total. The smallest absolute Gasteiger partial charge is 0.273 e. The largest absolute Gasteiger partial charge is 0.399 e. The molecule has 5 heteroatoms. The van der Waals surface area contributed by atoms with E-state index in [0.29, 0.717) is 12.2 Å². The zero-order valence-electron chi connectivity index (χ0n) is 9.46. The number of thiazole rings is 1. The minimum atomic E-state index is -0.0666. The van der Waals surface area contributed by atoms with Crippen molar-refractivity contribution in [3.05, 3.63) is 46.4 Å². The highest BCUT2D eigenvalue weighted by atomic mass is 32.1. The number of hydrogen-bond donors (Lipinski definition) is 1. The van der Waals surface area contributed by atoms with Gasteiger partial charge in [-0.2, -0.15) is 0 Å². The van der Waals surface area contributed by atoms with Crippen LogP contribution in [0.2, 0.25) is 0 Å². The molecule has 4 nitrogen and oxygen atoms in total. The maximum absolute atomic E-state index is 11.9. The topological polar surface area (TPSA) is 59.2 Å². The highest BCUT2D eigenvalue weighted by Crippen LogP contribution is 2.10. The number of nitrogens with zero attached hydrogens (tertiary/aromatic N) is 2. The van der Waals surface area contributed by atoms with Gasteiger partial charge >= 0.3 is 0 Å². The fraction of sp³-hybridized carbons (Fsp3) is 0.167. The maximum atomic E-state index is 11.9. The summed E-state index contributed by atoms with van der Waals surface area (Å²) in [6.45, 7) is 0.552. The summed E-state index contributed by atoms with van der Waals surface area (Å²) >= 11 is 1.42. The van der Waals surface area contributed by atoms with Crippen molar-refractivity contribution in [2.45, 2.75) is 6.54 Å². The third kappa shape index (κ3) is 2.82. The van der Waals surface area contributed by atoms with Crippen LogP contribution in [0.4, 0.5) is 5.69 Å². The van der Waals surface area contributed by atoms with Crippen LogP contribution in [-0.4, -0.2) is 22.8 Å². The van der Waals surface area contributed by atoms with Crippen LogP contribution in [0.25, 0.3) is 0 Å². The monoisotopic (exact) mass is 247 g/mol. The first-order chi connectivity index (χ1) is 8.16. The van der Waals surface area contributed by atoms with Gasteiger partial charge < -0.3 is 10.6 Å². The molecule has 0 atom stereocenters. The Bertz CT molecular complexity index is 493. The van der Waals surface area contributed by atoms with Crippen LogP contribution >= 0.6 is 11.3 Å². The van der Waals surface area contributed by atoms with Gasteiger partial charge in [0.25, 0.3) is 5.91 Å². The first-order valence-electron chi connectivity index (χ1n) is 5.15. The quantitative estimate of drug-likeness (QED) is 0.844. The molecule has 1 aromatic heterocycles. The summed E-state index contributed by atoms with van der Waals surface area (Å²) in [5, 5.41) is 1.75. The van der Waals surface area contributed by atoms with Crippen LogP contribution in [0.15, 0.2) is 35.2 Å². The zero-order valence-corrected chi connectivity index (χ0v) is 10.3. The Hall–Kier alpha value is -1.88. The molecule has 0 fully saturated rings. The Morgan fingerprint density at radius 1 is 1.41 bits per heavy atom. The Kier molecular flexibility index (Phi) is 3.39. The van der Waals surface area contributed by atoms with E-state index in [0.717, 1.165) is 11.3 Å². The van der Waals surface area contributed by atoms with E-state index < -0.39 is 0 Å². The number of anilines is 1. The van der Waals surface area contributed by atoms with Gasteiger partial charge in [-0.3, -0.25) is 4.79 Å². The van der Waals surface area contributed by atoms with E-state index in [-0.39, 0.29) is 5.91 Å². The van der Waals surface area contributed by atoms with Gasteiger partial charge in [0, 0.05) is 24.7 Å². The summed E-state index contributed by atoms with van der Waals surface area (Å²) in [4.78, 5) is 17.6. The van der Waals surface area contributed by atoms with Gasteiger partial charge in [-0.15, -0.1) is 11.3 Å². The van der Waals surface area contributed by atoms with Gasteiger partial charge in [0.1, 0.15) is 5.69 Å². The fourth-order valence-corrected chi connectivity index (χ4v) is 2.01. The second-order valence-electron chi connectivity index (χ2n) is 3.78. The van der Waals surface area contributed by atoms with E-state index in [1.807, 2.05) is 24.3 Å². The normalized spacial score (nSPS) is 10.2. The minimum absolute atomic E-state index is 0.0666. The van der Waals surface area contributed by atoms with Gasteiger partial charge in [-0.05, 0) is 17.7 Å². The van der Waals surface area contributed by atoms with E-state index in [2.05, 4.69) is 4.98 Å². The molecular weight excluding hydrogens is 234 g/mol. The number of rotatable bonds is 3. The van der Waals surface area contributed by atoms with Crippen molar-refractivity contribution in [3.8, 4) is 0 Å². The van der Waals surface area contributed by atoms with E-state index >= 15 is 0 Å². The minimum Gasteiger partial charge on any atom is -0.399 e. The number of aromatic nitrogens is 1. The molecule has 1 heterocycles. The summed E-state index contributed by atoms with van der Waals surface area (Å²) in [5.41, 5.74) is 9.53. The number of carbonyl (C=O) groups is 1. The average Bonchev–Trinajstić information content (AvgIpc) is 2.84. The molecule has 0 unspecified atom stereocenters. The lowest BCUT2D eigenvalue weighted by atomic mass is 10.2. The summed E-state index contributed by atoms with van der Waals surface area (Å²) in [6, 6.07) is 7.49. The van der Waals surface area contributed by atoms with Crippen LogP contribution in [0.1, 0.15) is 16.1 Å². The molecule has 2 aromatic rings. The lowest BCUT2D eigenvalue weighted by Crippen LogP contribution is -2.26. The fourth-order valence-electron chi connectivity index (χ4n) is 1.48. The Morgan fingerprint density at radius 2 is 2.12 bits per heavy atom. The third-order valence-corrected chi connectivity index (χ3v) is 2.98. The molecule has 0 aliphatic carbocycles. The Labute approximate surface area is 104 Å². The standard InChI is InChI=1S/C12H13N3OS/c1-15(12(16)11-7-17-8-14-11)6-9-2-4-10(13)5-3-9/h2-5,7-8H,6,13H2,1H3. The van der Waals surface area contributed by atoms with Crippen LogP contribution in [0.3, 0.4) is 0 Å². The molecule has 0 aliphatic heterocycles. The van der Waals surface area contributed by atoms with E-state index in [1.165, 1.54) is 11.3 Å². The number of hydrogen-bond acceptors (Lipinski definition) is 4. The highest BCUT2D eigenvalue weighted by molar-refractivity contribution is 7.07. The predicted octanol–water partition coefficient (Wildman–Crippen LogP) is 2.00. The summed E-state index contributed by atoms with van der Waals surface area (Å²) in [7, 11) is 1.76. The zero-order chi connectivity index (χ0) is 12.3. The lowest BCUT2D eigenvalue weighted by molar-refractivity contribution is 0.0780. The Balaban J connectivity index is 2.04. The van der Waals surface area contributed by atoms with Crippen LogP contribution in [0, 0.1) is 0 Å². The number of benzene rings is 1. The molecule has 1 aromatic carbocycles. The van der Waals surface area contributed by atoms with Crippen LogP contribution in [-0.2, 0) is 6.54 Å². The van der Waals surface area contributed by atoms with Crippen molar-refractivity contribution >= 4 is 22.9 Å². The van der Waals surface area contributed by atoms with Crippen molar-refractivity contribution in [3.63, 3.8) is 0 Å². The van der Waals surface area contributed by atoms with Crippen molar-refractivity contribution < 1.29 is 4.79 Å². The SMILES string of the molecule is CN(Cc1ccc(N)cc1)C(=O)c1cscn1. The first kappa shape index (κ1) is 11.6. The predicted molar refractivity (Wildman–Crippen MR) is 68.8 cm³/mol. The maximum Gasteiger partial charge on any atom is 0.273 e. The molecule has 0 bridgehead atoms. The molecule has 1 amide bonds. The van der Waals surface area contributed by atoms with Crippen molar-refractivity contribution in [2.24, 2.45) is 0 Å².